The fourth-order valence-corrected chi connectivity index (χ4v) is 6.22. The van der Waals surface area contributed by atoms with Crippen LogP contribution in [0.1, 0.15) is 55.0 Å². The molecule has 0 aromatic heterocycles. The van der Waals surface area contributed by atoms with E-state index in [0.29, 0.717) is 26.4 Å². The maximum Gasteiger partial charge on any atom is 0.252 e. The van der Waals surface area contributed by atoms with Crippen molar-refractivity contribution < 1.29 is 48.2 Å². The second-order valence-corrected chi connectivity index (χ2v) is 13.9. The van der Waals surface area contributed by atoms with Crippen LogP contribution in [0.4, 0.5) is 0 Å². The third-order valence-electron chi connectivity index (χ3n) is 9.46. The third kappa shape index (κ3) is 16.4. The lowest BCUT2D eigenvalue weighted by atomic mass is 9.88. The van der Waals surface area contributed by atoms with Crippen LogP contribution < -0.4 is 9.47 Å². The van der Waals surface area contributed by atoms with Crippen LogP contribution in [0.3, 0.4) is 0 Å². The summed E-state index contributed by atoms with van der Waals surface area (Å²) in [6, 6.07) is 44.9. The van der Waals surface area contributed by atoms with Gasteiger partial charge in [-0.05, 0) is 59.0 Å². The van der Waals surface area contributed by atoms with E-state index < -0.39 is 23.7 Å². The molecule has 3 unspecified atom stereocenters. The average molecular weight is 828 g/mol. The Balaban J connectivity index is 0.000000371. The van der Waals surface area contributed by atoms with Crippen LogP contribution in [-0.2, 0) is 61.6 Å². The van der Waals surface area contributed by atoms with Crippen LogP contribution >= 0.6 is 0 Å². The second-order valence-electron chi connectivity index (χ2n) is 13.9. The first kappa shape index (κ1) is 49.7. The van der Waals surface area contributed by atoms with Gasteiger partial charge in [-0.25, -0.2) is 0 Å². The molecule has 0 aliphatic carbocycles. The van der Waals surface area contributed by atoms with E-state index in [2.05, 4.69) is 0 Å². The predicted octanol–water partition coefficient (Wildman–Crippen LogP) is 8.75. The van der Waals surface area contributed by atoms with Crippen LogP contribution in [0.15, 0.2) is 140 Å². The normalized spacial score (nSPS) is 19.4. The van der Waals surface area contributed by atoms with Gasteiger partial charge in [0.15, 0.2) is 0 Å². The SMILES string of the molecule is CC.COCc1ccc(OC)cc1.COc1ccc(COCC2(C)OC(O)(N(C)OC)CC(OCc3ccccc3)[C@@H]2OCc2ccccc2)cc1.OCc1ccccc1. The monoisotopic (exact) mass is 827 g/mol. The molecule has 0 radical (unpaired) electrons. The molecular weight excluding hydrogens is 763 g/mol. The van der Waals surface area contributed by atoms with Gasteiger partial charge < -0.3 is 43.4 Å². The van der Waals surface area contributed by atoms with Crippen molar-refractivity contribution in [2.45, 2.75) is 83.9 Å². The second kappa shape index (κ2) is 27.2. The summed E-state index contributed by atoms with van der Waals surface area (Å²) in [5.74, 6) is -0.104. The molecule has 60 heavy (non-hydrogen) atoms. The van der Waals surface area contributed by atoms with E-state index in [1.807, 2.05) is 160 Å². The molecule has 4 atom stereocenters. The number of rotatable bonds is 17. The molecule has 5 aromatic carbocycles. The Kier molecular flexibility index (Phi) is 22.6. The average Bonchev–Trinajstić information content (AvgIpc) is 3.30. The van der Waals surface area contributed by atoms with E-state index in [-0.39, 0.29) is 19.6 Å². The number of hydrogen-bond donors (Lipinski definition) is 2. The quantitative estimate of drug-likeness (QED) is 0.0693. The number of methoxy groups -OCH3 is 3. The molecule has 1 aliphatic rings. The van der Waals surface area contributed by atoms with Crippen molar-refractivity contribution in [3.05, 3.63) is 167 Å². The molecule has 11 heteroatoms. The fourth-order valence-electron chi connectivity index (χ4n) is 6.22. The van der Waals surface area contributed by atoms with Gasteiger partial charge in [0.2, 0.25) is 0 Å². The van der Waals surface area contributed by atoms with Crippen LogP contribution in [0, 0.1) is 0 Å². The number of ether oxygens (including phenoxy) is 7. The van der Waals surface area contributed by atoms with Gasteiger partial charge in [0.05, 0.1) is 67.1 Å². The molecule has 326 valence electrons. The zero-order chi connectivity index (χ0) is 43.6. The maximum atomic E-state index is 11.6. The van der Waals surface area contributed by atoms with Gasteiger partial charge >= 0.3 is 0 Å². The van der Waals surface area contributed by atoms with Gasteiger partial charge in [-0.2, -0.15) is 0 Å². The van der Waals surface area contributed by atoms with E-state index in [1.165, 1.54) is 12.2 Å². The van der Waals surface area contributed by atoms with Crippen molar-refractivity contribution in [2.75, 3.05) is 42.1 Å². The molecule has 0 spiro atoms. The summed E-state index contributed by atoms with van der Waals surface area (Å²) in [4.78, 5) is 5.37. The number of nitrogens with zero attached hydrogens (tertiary/aromatic N) is 1. The van der Waals surface area contributed by atoms with E-state index in [1.54, 1.807) is 28.4 Å². The van der Waals surface area contributed by atoms with Gasteiger partial charge in [0, 0.05) is 20.6 Å². The molecule has 0 bridgehead atoms. The lowest BCUT2D eigenvalue weighted by molar-refractivity contribution is -0.447. The molecule has 1 heterocycles. The van der Waals surface area contributed by atoms with Gasteiger partial charge in [-0.1, -0.05) is 129 Å². The van der Waals surface area contributed by atoms with Crippen LogP contribution in [0.5, 0.6) is 11.5 Å². The minimum atomic E-state index is -1.76. The maximum absolute atomic E-state index is 11.6. The number of aliphatic hydroxyl groups excluding tert-OH is 1. The van der Waals surface area contributed by atoms with E-state index in [4.69, 9.17) is 43.1 Å². The molecular formula is C49H65NO10. The summed E-state index contributed by atoms with van der Waals surface area (Å²) in [6.07, 6.45) is -0.972. The molecule has 6 rings (SSSR count). The predicted molar refractivity (Wildman–Crippen MR) is 234 cm³/mol. The molecule has 0 saturated carbocycles. The first-order chi connectivity index (χ1) is 29.1. The standard InChI is InChI=1S/C31H39NO7.C9H12O2.C7H8O.C2H6/c1-30(23-36-20-26-15-17-27(34-3)18-16-26)29(38-22-25-13-9-6-10-14-25)28(19-31(33,39-30)32(2)35-4)37-21-24-11-7-5-8-12-24;1-10-7-8-3-5-9(11-2)6-4-8;8-6-7-4-2-1-3-5-7;1-2/h5-18,28-29,33H,19-23H2,1-4H3;3-6H,7H2,1-2H3;1-5,8H,6H2;1-2H3/t28?,29-,30?,31?;;;/m0.../s1. The number of benzene rings is 5. The van der Waals surface area contributed by atoms with Crippen molar-refractivity contribution in [1.82, 2.24) is 5.06 Å². The highest BCUT2D eigenvalue weighted by Gasteiger charge is 2.56. The molecule has 1 aliphatic heterocycles. The van der Waals surface area contributed by atoms with Gasteiger partial charge in [-0.3, -0.25) is 4.84 Å². The first-order valence-corrected chi connectivity index (χ1v) is 20.1. The lowest BCUT2D eigenvalue weighted by Gasteiger charge is -2.52. The minimum absolute atomic E-state index is 0.109. The summed E-state index contributed by atoms with van der Waals surface area (Å²) in [7, 11) is 8.08. The van der Waals surface area contributed by atoms with Crippen molar-refractivity contribution in [3.63, 3.8) is 0 Å². The summed E-state index contributed by atoms with van der Waals surface area (Å²) in [5, 5.41) is 21.4. The van der Waals surface area contributed by atoms with E-state index >= 15 is 0 Å². The molecule has 1 fully saturated rings. The zero-order valence-electron chi connectivity index (χ0n) is 36.5. The topological polar surface area (TPSA) is 118 Å². The highest BCUT2D eigenvalue weighted by atomic mass is 16.8. The number of aliphatic hydroxyl groups is 2. The summed E-state index contributed by atoms with van der Waals surface area (Å²) < 4.78 is 40.7. The number of hydrogen-bond acceptors (Lipinski definition) is 11. The van der Waals surface area contributed by atoms with Gasteiger partial charge in [0.25, 0.3) is 5.91 Å². The molecule has 2 N–H and O–H groups in total. The Labute approximate surface area is 357 Å². The van der Waals surface area contributed by atoms with Crippen LogP contribution in [-0.4, -0.2) is 81.1 Å². The largest absolute Gasteiger partial charge is 0.497 e. The molecule has 0 amide bonds. The zero-order valence-corrected chi connectivity index (χ0v) is 36.5. The summed E-state index contributed by atoms with van der Waals surface area (Å²) in [6.45, 7) is 7.87. The fraction of sp³-hybridized carbons (Fsp3) is 0.388. The Morgan fingerprint density at radius 3 is 1.45 bits per heavy atom. The Morgan fingerprint density at radius 1 is 0.600 bits per heavy atom. The molecule has 1 saturated heterocycles. The Hall–Kier alpha value is -4.66. The molecule has 5 aromatic rings. The smallest absolute Gasteiger partial charge is 0.252 e. The molecule has 11 nitrogen and oxygen atoms in total. The summed E-state index contributed by atoms with van der Waals surface area (Å²) in [5.41, 5.74) is 4.07. The third-order valence-corrected chi connectivity index (χ3v) is 9.46. The summed E-state index contributed by atoms with van der Waals surface area (Å²) >= 11 is 0. The Morgan fingerprint density at radius 2 is 1.03 bits per heavy atom. The highest BCUT2D eigenvalue weighted by Crippen LogP contribution is 2.40. The van der Waals surface area contributed by atoms with Gasteiger partial charge in [0.1, 0.15) is 23.2 Å². The Bertz CT molecular complexity index is 1820. The number of hydroxylamine groups is 2. The highest BCUT2D eigenvalue weighted by molar-refractivity contribution is 5.27. The van der Waals surface area contributed by atoms with Crippen molar-refractivity contribution in [1.29, 1.82) is 0 Å². The van der Waals surface area contributed by atoms with Crippen LogP contribution in [0.25, 0.3) is 0 Å². The van der Waals surface area contributed by atoms with Crippen molar-refractivity contribution in [3.8, 4) is 11.5 Å². The lowest BCUT2D eigenvalue weighted by Crippen LogP contribution is -2.68. The van der Waals surface area contributed by atoms with Crippen molar-refractivity contribution >= 4 is 0 Å². The van der Waals surface area contributed by atoms with Crippen LogP contribution in [0.2, 0.25) is 0 Å². The van der Waals surface area contributed by atoms with Crippen molar-refractivity contribution in [2.24, 2.45) is 0 Å². The van der Waals surface area contributed by atoms with E-state index in [9.17, 15) is 5.11 Å². The minimum Gasteiger partial charge on any atom is -0.497 e. The van der Waals surface area contributed by atoms with E-state index in [0.717, 1.165) is 39.3 Å². The first-order valence-electron chi connectivity index (χ1n) is 20.1. The van der Waals surface area contributed by atoms with Gasteiger partial charge in [-0.15, -0.1) is 5.06 Å².